The normalized spacial score (nSPS) is 19.3. The van der Waals surface area contributed by atoms with Crippen LogP contribution in [0.15, 0.2) is 12.3 Å². The Balaban J connectivity index is 2.30. The fourth-order valence-corrected chi connectivity index (χ4v) is 2.39. The van der Waals surface area contributed by atoms with E-state index < -0.39 is 5.97 Å². The van der Waals surface area contributed by atoms with Crippen molar-refractivity contribution in [1.29, 1.82) is 0 Å². The van der Waals surface area contributed by atoms with Crippen molar-refractivity contribution in [3.63, 3.8) is 0 Å². The first-order valence-corrected chi connectivity index (χ1v) is 6.35. The summed E-state index contributed by atoms with van der Waals surface area (Å²) >= 11 is 0. The molecule has 1 atom stereocenters. The van der Waals surface area contributed by atoms with Crippen LogP contribution in [0.25, 0.3) is 0 Å². The van der Waals surface area contributed by atoms with Gasteiger partial charge in [-0.2, -0.15) is 0 Å². The van der Waals surface area contributed by atoms with Crippen LogP contribution in [0.3, 0.4) is 0 Å². The summed E-state index contributed by atoms with van der Waals surface area (Å²) in [5.41, 5.74) is 6.48. The maximum Gasteiger partial charge on any atom is 0.341 e. The number of piperidine rings is 1. The van der Waals surface area contributed by atoms with Gasteiger partial charge < -0.3 is 20.5 Å². The van der Waals surface area contributed by atoms with Gasteiger partial charge in [-0.15, -0.1) is 0 Å². The lowest BCUT2D eigenvalue weighted by atomic mass is 9.98. The summed E-state index contributed by atoms with van der Waals surface area (Å²) in [6, 6.07) is 1.58. The van der Waals surface area contributed by atoms with Crippen molar-refractivity contribution in [2.45, 2.75) is 12.8 Å². The number of methoxy groups -OCH3 is 1. The third-order valence-corrected chi connectivity index (χ3v) is 3.37. The molecule has 1 unspecified atom stereocenters. The van der Waals surface area contributed by atoms with Gasteiger partial charge in [-0.25, -0.2) is 9.78 Å². The van der Waals surface area contributed by atoms with E-state index in [1.807, 2.05) is 4.90 Å². The van der Waals surface area contributed by atoms with E-state index in [4.69, 9.17) is 10.5 Å². The molecule has 1 aromatic rings. The zero-order valence-corrected chi connectivity index (χ0v) is 11.0. The quantitative estimate of drug-likeness (QED) is 0.780. The predicted octanol–water partition coefficient (Wildman–Crippen LogP) is 0.659. The van der Waals surface area contributed by atoms with Gasteiger partial charge in [-0.3, -0.25) is 0 Å². The van der Waals surface area contributed by atoms with Gasteiger partial charge in [0.05, 0.1) is 19.0 Å². The molecular weight excluding hydrogens is 246 g/mol. The number of esters is 1. The van der Waals surface area contributed by atoms with Crippen LogP contribution < -0.4 is 10.6 Å². The SMILES string of the molecule is COC(=O)c1cc(N)cnc1N1CCCC(CO)C1. The molecule has 0 saturated carbocycles. The molecule has 1 aromatic heterocycles. The van der Waals surface area contributed by atoms with E-state index in [1.54, 1.807) is 6.07 Å². The zero-order chi connectivity index (χ0) is 13.8. The Morgan fingerprint density at radius 2 is 2.47 bits per heavy atom. The van der Waals surface area contributed by atoms with Crippen LogP contribution in [0.4, 0.5) is 11.5 Å². The maximum atomic E-state index is 11.8. The van der Waals surface area contributed by atoms with Crippen LogP contribution in [0, 0.1) is 5.92 Å². The van der Waals surface area contributed by atoms with E-state index in [9.17, 15) is 9.90 Å². The number of rotatable bonds is 3. The van der Waals surface area contributed by atoms with Crippen LogP contribution >= 0.6 is 0 Å². The zero-order valence-electron chi connectivity index (χ0n) is 11.0. The molecule has 0 radical (unpaired) electrons. The molecule has 3 N–H and O–H groups in total. The number of aromatic nitrogens is 1. The van der Waals surface area contributed by atoms with Crippen molar-refractivity contribution in [2.24, 2.45) is 5.92 Å². The molecule has 1 saturated heterocycles. The van der Waals surface area contributed by atoms with Crippen molar-refractivity contribution in [3.8, 4) is 0 Å². The fraction of sp³-hybridized carbons (Fsp3) is 0.538. The Kier molecular flexibility index (Phi) is 4.21. The van der Waals surface area contributed by atoms with Crippen LogP contribution in [0.2, 0.25) is 0 Å². The highest BCUT2D eigenvalue weighted by Gasteiger charge is 2.24. The average Bonchev–Trinajstić information content (AvgIpc) is 2.46. The number of nitrogens with two attached hydrogens (primary N) is 1. The molecule has 1 aliphatic rings. The minimum atomic E-state index is -0.444. The molecule has 104 valence electrons. The molecule has 0 amide bonds. The van der Waals surface area contributed by atoms with Gasteiger partial charge in [0.25, 0.3) is 0 Å². The highest BCUT2D eigenvalue weighted by Crippen LogP contribution is 2.26. The molecule has 19 heavy (non-hydrogen) atoms. The molecule has 0 spiro atoms. The Labute approximate surface area is 112 Å². The number of aliphatic hydroxyl groups is 1. The van der Waals surface area contributed by atoms with Crippen LogP contribution in [0.1, 0.15) is 23.2 Å². The molecule has 2 heterocycles. The number of pyridine rings is 1. The highest BCUT2D eigenvalue weighted by atomic mass is 16.5. The standard InChI is InChI=1S/C13H19N3O3/c1-19-13(18)11-5-10(14)6-15-12(11)16-4-2-3-9(7-16)8-17/h5-6,9,17H,2-4,7-8,14H2,1H3. The van der Waals surface area contributed by atoms with Crippen molar-refractivity contribution in [2.75, 3.05) is 37.4 Å². The lowest BCUT2D eigenvalue weighted by Gasteiger charge is -2.33. The van der Waals surface area contributed by atoms with E-state index in [2.05, 4.69) is 4.98 Å². The molecule has 0 bridgehead atoms. The number of carbonyl (C=O) groups is 1. The summed E-state index contributed by atoms with van der Waals surface area (Å²) < 4.78 is 4.77. The first-order chi connectivity index (χ1) is 9.15. The molecule has 2 rings (SSSR count). The second kappa shape index (κ2) is 5.88. The fourth-order valence-electron chi connectivity index (χ4n) is 2.39. The number of hydrogen-bond acceptors (Lipinski definition) is 6. The summed E-state index contributed by atoms with van der Waals surface area (Å²) in [5.74, 6) is 0.360. The number of aliphatic hydroxyl groups excluding tert-OH is 1. The first kappa shape index (κ1) is 13.6. The van der Waals surface area contributed by atoms with Crippen molar-refractivity contribution in [1.82, 2.24) is 4.98 Å². The summed E-state index contributed by atoms with van der Waals surface area (Å²) in [4.78, 5) is 18.1. The van der Waals surface area contributed by atoms with Crippen LogP contribution in [-0.4, -0.2) is 42.9 Å². The summed E-state index contributed by atoms with van der Waals surface area (Å²) in [6.45, 7) is 1.66. The van der Waals surface area contributed by atoms with E-state index in [0.717, 1.165) is 19.4 Å². The number of ether oxygens (including phenoxy) is 1. The Hall–Kier alpha value is -1.82. The van der Waals surface area contributed by atoms with Gasteiger partial charge in [0.15, 0.2) is 0 Å². The second-order valence-corrected chi connectivity index (χ2v) is 4.77. The van der Waals surface area contributed by atoms with Gasteiger partial charge in [0.2, 0.25) is 0 Å². The van der Waals surface area contributed by atoms with Gasteiger partial charge in [-0.1, -0.05) is 0 Å². The topological polar surface area (TPSA) is 88.7 Å². The molecule has 6 heteroatoms. The number of anilines is 2. The molecule has 1 aliphatic heterocycles. The van der Waals surface area contributed by atoms with E-state index in [0.29, 0.717) is 23.6 Å². The van der Waals surface area contributed by atoms with E-state index in [-0.39, 0.29) is 12.5 Å². The van der Waals surface area contributed by atoms with Gasteiger partial charge in [-0.05, 0) is 24.8 Å². The van der Waals surface area contributed by atoms with Crippen LogP contribution in [0.5, 0.6) is 0 Å². The largest absolute Gasteiger partial charge is 0.465 e. The van der Waals surface area contributed by atoms with Gasteiger partial charge in [0, 0.05) is 19.7 Å². The summed E-state index contributed by atoms with van der Waals surface area (Å²) in [6.07, 6.45) is 3.50. The third kappa shape index (κ3) is 2.96. The molecule has 0 aliphatic carbocycles. The minimum absolute atomic E-state index is 0.152. The molecule has 0 aromatic carbocycles. The lowest BCUT2D eigenvalue weighted by Crippen LogP contribution is -2.38. The second-order valence-electron chi connectivity index (χ2n) is 4.77. The van der Waals surface area contributed by atoms with Crippen molar-refractivity contribution >= 4 is 17.5 Å². The molecule has 1 fully saturated rings. The third-order valence-electron chi connectivity index (χ3n) is 3.37. The van der Waals surface area contributed by atoms with Gasteiger partial charge in [0.1, 0.15) is 11.4 Å². The molecule has 6 nitrogen and oxygen atoms in total. The molecular formula is C13H19N3O3. The Bertz CT molecular complexity index is 464. The monoisotopic (exact) mass is 265 g/mol. The summed E-state index contributed by atoms with van der Waals surface area (Å²) in [5, 5.41) is 9.27. The number of nitrogen functional groups attached to an aromatic ring is 1. The average molecular weight is 265 g/mol. The minimum Gasteiger partial charge on any atom is -0.465 e. The highest BCUT2D eigenvalue weighted by molar-refractivity contribution is 5.95. The van der Waals surface area contributed by atoms with Gasteiger partial charge >= 0.3 is 5.97 Å². The maximum absolute atomic E-state index is 11.8. The number of hydrogen-bond donors (Lipinski definition) is 2. The van der Waals surface area contributed by atoms with Crippen molar-refractivity contribution in [3.05, 3.63) is 17.8 Å². The smallest absolute Gasteiger partial charge is 0.341 e. The summed E-state index contributed by atoms with van der Waals surface area (Å²) in [7, 11) is 1.34. The Morgan fingerprint density at radius 3 is 3.16 bits per heavy atom. The van der Waals surface area contributed by atoms with Crippen LogP contribution in [-0.2, 0) is 4.74 Å². The van der Waals surface area contributed by atoms with E-state index >= 15 is 0 Å². The Morgan fingerprint density at radius 1 is 1.68 bits per heavy atom. The number of nitrogens with zero attached hydrogens (tertiary/aromatic N) is 2. The predicted molar refractivity (Wildman–Crippen MR) is 72.0 cm³/mol. The van der Waals surface area contributed by atoms with Crippen molar-refractivity contribution < 1.29 is 14.6 Å². The first-order valence-electron chi connectivity index (χ1n) is 6.35. The van der Waals surface area contributed by atoms with E-state index in [1.165, 1.54) is 13.3 Å². The number of carbonyl (C=O) groups excluding carboxylic acids is 1. The lowest BCUT2D eigenvalue weighted by molar-refractivity contribution is 0.0601.